The molecule has 2 saturated heterocycles. The highest BCUT2D eigenvalue weighted by Gasteiger charge is 2.67. The van der Waals surface area contributed by atoms with Crippen molar-refractivity contribution in [1.82, 2.24) is 4.98 Å². The number of carbonyl (C=O) groups excluding carboxylic acids is 2. The molecule has 0 spiro atoms. The fraction of sp³-hybridized carbons (Fsp3) is 0.536. The van der Waals surface area contributed by atoms with Crippen molar-refractivity contribution in [1.29, 1.82) is 0 Å². The van der Waals surface area contributed by atoms with Gasteiger partial charge in [0.2, 0.25) is 0 Å². The van der Waals surface area contributed by atoms with Crippen molar-refractivity contribution in [3.8, 4) is 22.6 Å². The van der Waals surface area contributed by atoms with Gasteiger partial charge in [-0.2, -0.15) is 0 Å². The summed E-state index contributed by atoms with van der Waals surface area (Å²) in [6.07, 6.45) is 10.7. The first-order valence-corrected chi connectivity index (χ1v) is 13.7. The topological polar surface area (TPSA) is 84.0 Å². The molecule has 0 amide bonds. The number of hydrogen-bond donors (Lipinski definition) is 0. The predicted octanol–water partition coefficient (Wildman–Crippen LogP) is 4.37. The van der Waals surface area contributed by atoms with E-state index < -0.39 is 18.6 Å². The molecule has 0 unspecified atom stereocenters. The highest BCUT2D eigenvalue weighted by molar-refractivity contribution is 6.78. The number of hydrogen-bond acceptors (Lipinski definition) is 7. The Kier molecular flexibility index (Phi) is 8.74. The van der Waals surface area contributed by atoms with E-state index in [1.54, 1.807) is 6.20 Å². The van der Waals surface area contributed by atoms with Crippen molar-refractivity contribution in [3.05, 3.63) is 36.5 Å². The quantitative estimate of drug-likeness (QED) is 0.276. The standard InChI is InChI=1S/C28H39BN2O6/c1-4-6-8-10-16-34-23-12-13-24(25(19-23)35-17-11-9-7-5-2)22-14-15-30-26(18-22)29-31(3,20-27(32)36-29)21-28(33)37-29/h12-15,18-19H,4-11,16-17,20-21H2,1-3H3. The molecule has 0 atom stereocenters. The van der Waals surface area contributed by atoms with E-state index in [-0.39, 0.29) is 17.5 Å². The summed E-state index contributed by atoms with van der Waals surface area (Å²) in [7, 11) is 1.81. The van der Waals surface area contributed by atoms with E-state index in [1.807, 2.05) is 37.4 Å². The molecular weight excluding hydrogens is 471 g/mol. The maximum Gasteiger partial charge on any atom is 0.632 e. The van der Waals surface area contributed by atoms with E-state index in [2.05, 4.69) is 18.8 Å². The highest BCUT2D eigenvalue weighted by Crippen LogP contribution is 2.36. The lowest BCUT2D eigenvalue weighted by atomic mass is 9.64. The van der Waals surface area contributed by atoms with Crippen LogP contribution in [0.25, 0.3) is 11.1 Å². The van der Waals surface area contributed by atoms with E-state index in [0.717, 1.165) is 48.3 Å². The summed E-state index contributed by atoms with van der Waals surface area (Å²) in [4.78, 5) is 29.0. The number of benzene rings is 1. The van der Waals surface area contributed by atoms with Crippen molar-refractivity contribution >= 4 is 24.2 Å². The first-order valence-electron chi connectivity index (χ1n) is 13.7. The van der Waals surface area contributed by atoms with Crippen LogP contribution < -0.4 is 15.1 Å². The Morgan fingerprint density at radius 2 is 1.51 bits per heavy atom. The van der Waals surface area contributed by atoms with Crippen LogP contribution in [0.1, 0.15) is 65.2 Å². The molecule has 200 valence electrons. The van der Waals surface area contributed by atoms with E-state index in [0.29, 0.717) is 18.8 Å². The molecule has 0 bridgehead atoms. The average Bonchev–Trinajstić information content (AvgIpc) is 3.27. The molecule has 0 saturated carbocycles. The van der Waals surface area contributed by atoms with Gasteiger partial charge in [0.15, 0.2) is 0 Å². The SMILES string of the molecule is CCCCCCOc1ccc(-c2ccnc([B-]34OC(=O)C[N+]3(C)CC(=O)O4)c2)c(OCCCCCC)c1. The largest absolute Gasteiger partial charge is 0.632 e. The van der Waals surface area contributed by atoms with Gasteiger partial charge in [0.1, 0.15) is 24.6 Å². The van der Waals surface area contributed by atoms with E-state index in [1.165, 1.54) is 25.7 Å². The summed E-state index contributed by atoms with van der Waals surface area (Å²) in [5, 5.41) is 0. The number of ether oxygens (including phenoxy) is 2. The molecule has 37 heavy (non-hydrogen) atoms. The molecular formula is C28H39BN2O6. The van der Waals surface area contributed by atoms with Gasteiger partial charge in [0.05, 0.1) is 13.2 Å². The molecule has 9 heteroatoms. The number of carbonyl (C=O) groups is 2. The molecule has 2 aliphatic rings. The Bertz CT molecular complexity index is 1090. The number of pyridine rings is 1. The van der Waals surface area contributed by atoms with Crippen LogP contribution in [0.4, 0.5) is 0 Å². The molecule has 0 radical (unpaired) electrons. The van der Waals surface area contributed by atoms with Crippen molar-refractivity contribution in [2.45, 2.75) is 65.2 Å². The van der Waals surface area contributed by atoms with Crippen molar-refractivity contribution < 1.29 is 32.8 Å². The number of rotatable bonds is 14. The maximum absolute atomic E-state index is 12.3. The Balaban J connectivity index is 1.60. The summed E-state index contributed by atoms with van der Waals surface area (Å²) in [5.74, 6) is 0.728. The molecule has 2 aromatic rings. The summed E-state index contributed by atoms with van der Waals surface area (Å²) < 4.78 is 23.7. The van der Waals surface area contributed by atoms with Crippen LogP contribution in [0, 0.1) is 0 Å². The average molecular weight is 510 g/mol. The number of unbranched alkanes of at least 4 members (excludes halogenated alkanes) is 6. The van der Waals surface area contributed by atoms with Crippen LogP contribution in [-0.2, 0) is 18.9 Å². The number of quaternary nitrogens is 1. The summed E-state index contributed by atoms with van der Waals surface area (Å²) in [6.45, 7) is 3.43. The van der Waals surface area contributed by atoms with Crippen LogP contribution in [0.3, 0.4) is 0 Å². The molecule has 4 rings (SSSR count). The summed E-state index contributed by atoms with van der Waals surface area (Å²) in [6, 6.07) is 9.62. The lowest BCUT2D eigenvalue weighted by molar-refractivity contribution is -0.791. The van der Waals surface area contributed by atoms with Crippen LogP contribution in [0.5, 0.6) is 11.5 Å². The zero-order valence-corrected chi connectivity index (χ0v) is 22.4. The Hall–Kier alpha value is -3.07. The zero-order valence-electron chi connectivity index (χ0n) is 22.4. The third kappa shape index (κ3) is 5.92. The van der Waals surface area contributed by atoms with Gasteiger partial charge in [-0.3, -0.25) is 14.6 Å². The Morgan fingerprint density at radius 3 is 2.16 bits per heavy atom. The number of aromatic nitrogens is 1. The zero-order chi connectivity index (χ0) is 26.3. The lowest BCUT2D eigenvalue weighted by Crippen LogP contribution is -2.68. The predicted molar refractivity (Wildman–Crippen MR) is 142 cm³/mol. The lowest BCUT2D eigenvalue weighted by Gasteiger charge is -2.39. The number of likely N-dealkylation sites (N-methyl/N-ethyl adjacent to an activating group) is 1. The Morgan fingerprint density at radius 1 is 0.865 bits per heavy atom. The van der Waals surface area contributed by atoms with E-state index >= 15 is 0 Å². The van der Waals surface area contributed by atoms with Crippen LogP contribution in [-0.4, -0.2) is 61.4 Å². The fourth-order valence-electron chi connectivity index (χ4n) is 5.23. The second kappa shape index (κ2) is 12.0. The van der Waals surface area contributed by atoms with Gasteiger partial charge < -0.3 is 23.2 Å². The molecule has 0 N–H and O–H groups in total. The van der Waals surface area contributed by atoms with Gasteiger partial charge in [0.25, 0.3) is 0 Å². The smallest absolute Gasteiger partial charge is 0.595 e. The second-order valence-corrected chi connectivity index (χ2v) is 10.4. The van der Waals surface area contributed by atoms with Gasteiger partial charge in [-0.1, -0.05) is 58.4 Å². The van der Waals surface area contributed by atoms with Gasteiger partial charge in [-0.25, -0.2) is 0 Å². The van der Waals surface area contributed by atoms with Gasteiger partial charge in [-0.15, -0.1) is 0 Å². The van der Waals surface area contributed by atoms with E-state index in [9.17, 15) is 9.59 Å². The third-order valence-electron chi connectivity index (χ3n) is 7.32. The normalized spacial score (nSPS) is 22.5. The fourth-order valence-corrected chi connectivity index (χ4v) is 5.23. The van der Waals surface area contributed by atoms with Gasteiger partial charge in [-0.05, 0) is 36.6 Å². The van der Waals surface area contributed by atoms with Gasteiger partial charge >= 0.3 is 18.6 Å². The molecule has 8 nitrogen and oxygen atoms in total. The molecule has 0 aliphatic carbocycles. The van der Waals surface area contributed by atoms with Crippen molar-refractivity contribution in [3.63, 3.8) is 0 Å². The summed E-state index contributed by atoms with van der Waals surface area (Å²) in [5.41, 5.74) is 2.17. The monoisotopic (exact) mass is 510 g/mol. The summed E-state index contributed by atoms with van der Waals surface area (Å²) >= 11 is 0. The number of nitrogens with zero attached hydrogens (tertiary/aromatic N) is 2. The minimum absolute atomic E-state index is 0.0553. The first-order chi connectivity index (χ1) is 17.9. The van der Waals surface area contributed by atoms with E-state index in [4.69, 9.17) is 18.8 Å². The highest BCUT2D eigenvalue weighted by atomic mass is 16.7. The first kappa shape index (κ1) is 27.0. The minimum Gasteiger partial charge on any atom is -0.595 e. The van der Waals surface area contributed by atoms with Crippen LogP contribution >= 0.6 is 0 Å². The molecule has 1 aromatic carbocycles. The van der Waals surface area contributed by atoms with Crippen LogP contribution in [0.15, 0.2) is 36.5 Å². The minimum atomic E-state index is -2.40. The van der Waals surface area contributed by atoms with Crippen LogP contribution in [0.2, 0.25) is 0 Å². The second-order valence-electron chi connectivity index (χ2n) is 10.4. The molecule has 2 fully saturated rings. The number of fused-ring (bicyclic) bond motifs is 1. The van der Waals surface area contributed by atoms with Gasteiger partial charge in [0, 0.05) is 30.5 Å². The molecule has 1 aromatic heterocycles. The molecule has 3 heterocycles. The Labute approximate surface area is 219 Å². The maximum atomic E-state index is 12.3. The molecule has 2 aliphatic heterocycles. The third-order valence-corrected chi connectivity index (χ3v) is 7.32. The van der Waals surface area contributed by atoms with Crippen molar-refractivity contribution in [2.75, 3.05) is 33.4 Å². The van der Waals surface area contributed by atoms with Crippen molar-refractivity contribution in [2.24, 2.45) is 0 Å².